The number of halogens is 4. The van der Waals surface area contributed by atoms with Gasteiger partial charge in [0.25, 0.3) is 5.91 Å². The van der Waals surface area contributed by atoms with Crippen LogP contribution in [0.4, 0.5) is 0 Å². The summed E-state index contributed by atoms with van der Waals surface area (Å²) in [5, 5.41) is 12.0. The number of benzene rings is 1. The van der Waals surface area contributed by atoms with E-state index >= 15 is 0 Å². The lowest BCUT2D eigenvalue weighted by atomic mass is 10.2. The van der Waals surface area contributed by atoms with Crippen LogP contribution in [0.15, 0.2) is 24.3 Å². The van der Waals surface area contributed by atoms with Crippen molar-refractivity contribution in [3.05, 3.63) is 34.9 Å². The molecule has 7 heteroatoms. The summed E-state index contributed by atoms with van der Waals surface area (Å²) in [6.45, 7) is 0. The smallest absolute Gasteiger partial charge is 0.253 e. The van der Waals surface area contributed by atoms with Gasteiger partial charge in [-0.3, -0.25) is 4.79 Å². The Balaban J connectivity index is 2.70. The molecule has 1 aromatic rings. The van der Waals surface area contributed by atoms with E-state index in [0.29, 0.717) is 10.6 Å². The van der Waals surface area contributed by atoms with E-state index < -0.39 is 15.9 Å². The summed E-state index contributed by atoms with van der Waals surface area (Å²) in [5.74, 6) is -0.560. The molecule has 0 aromatic heterocycles. The Kier molecular flexibility index (Phi) is 4.71. The molecule has 0 saturated carbocycles. The molecular weight excluding hydrogens is 296 g/mol. The zero-order chi connectivity index (χ0) is 12.3. The van der Waals surface area contributed by atoms with Crippen LogP contribution in [0.5, 0.6) is 0 Å². The van der Waals surface area contributed by atoms with Crippen LogP contribution in [-0.4, -0.2) is 21.0 Å². The topological polar surface area (TPSA) is 49.3 Å². The molecule has 0 aliphatic heterocycles. The summed E-state index contributed by atoms with van der Waals surface area (Å²) in [4.78, 5) is 11.5. The second-order valence-corrected chi connectivity index (χ2v) is 5.73. The maximum Gasteiger partial charge on any atom is 0.253 e. The molecule has 0 heterocycles. The van der Waals surface area contributed by atoms with Gasteiger partial charge >= 0.3 is 0 Å². The fourth-order valence-electron chi connectivity index (χ4n) is 0.891. The Hall–Kier alpha value is -0.190. The molecule has 1 aromatic carbocycles. The molecule has 2 N–H and O–H groups in total. The van der Waals surface area contributed by atoms with Crippen molar-refractivity contribution in [1.29, 1.82) is 0 Å². The van der Waals surface area contributed by atoms with Gasteiger partial charge in [0, 0.05) is 10.6 Å². The zero-order valence-electron chi connectivity index (χ0n) is 7.75. The molecule has 3 nitrogen and oxygen atoms in total. The van der Waals surface area contributed by atoms with Crippen LogP contribution < -0.4 is 5.32 Å². The van der Waals surface area contributed by atoms with Crippen molar-refractivity contribution in [2.24, 2.45) is 0 Å². The fraction of sp³-hybridized carbons (Fsp3) is 0.222. The second kappa shape index (κ2) is 5.43. The Morgan fingerprint density at radius 2 is 1.75 bits per heavy atom. The molecule has 1 rings (SSSR count). The second-order valence-electron chi connectivity index (χ2n) is 2.92. The molecular formula is C9H7Cl4NO2. The SMILES string of the molecule is O=C(NC(O)C(Cl)(Cl)Cl)c1ccc(Cl)cc1. The predicted octanol–water partition coefficient (Wildman–Crippen LogP) is 2.76. The average molecular weight is 303 g/mol. The summed E-state index contributed by atoms with van der Waals surface area (Å²) in [7, 11) is 0. The lowest BCUT2D eigenvalue weighted by molar-refractivity contribution is 0.0792. The van der Waals surface area contributed by atoms with Gasteiger partial charge in [0.1, 0.15) is 0 Å². The molecule has 0 saturated heterocycles. The highest BCUT2D eigenvalue weighted by Crippen LogP contribution is 2.29. The molecule has 0 bridgehead atoms. The maximum atomic E-state index is 11.5. The number of hydrogen-bond donors (Lipinski definition) is 2. The van der Waals surface area contributed by atoms with E-state index in [1.807, 2.05) is 0 Å². The molecule has 16 heavy (non-hydrogen) atoms. The van der Waals surface area contributed by atoms with Crippen molar-refractivity contribution in [1.82, 2.24) is 5.32 Å². The summed E-state index contributed by atoms with van der Waals surface area (Å²) < 4.78 is -1.97. The number of carbonyl (C=O) groups is 1. The monoisotopic (exact) mass is 301 g/mol. The highest BCUT2D eigenvalue weighted by molar-refractivity contribution is 6.68. The number of aliphatic hydroxyl groups is 1. The third-order valence-electron chi connectivity index (χ3n) is 1.68. The largest absolute Gasteiger partial charge is 0.369 e. The summed E-state index contributed by atoms with van der Waals surface area (Å²) in [6.07, 6.45) is -1.58. The summed E-state index contributed by atoms with van der Waals surface area (Å²) >= 11 is 21.8. The minimum atomic E-state index is -1.97. The number of alkyl halides is 3. The van der Waals surface area contributed by atoms with Crippen LogP contribution >= 0.6 is 46.4 Å². The van der Waals surface area contributed by atoms with Crippen molar-refractivity contribution in [3.8, 4) is 0 Å². The molecule has 1 atom stereocenters. The van der Waals surface area contributed by atoms with Gasteiger partial charge < -0.3 is 10.4 Å². The van der Waals surface area contributed by atoms with Crippen LogP contribution in [0.1, 0.15) is 10.4 Å². The van der Waals surface area contributed by atoms with E-state index in [2.05, 4.69) is 5.32 Å². The molecule has 0 radical (unpaired) electrons. The zero-order valence-corrected chi connectivity index (χ0v) is 10.8. The Bertz CT molecular complexity index is 374. The molecule has 0 aliphatic rings. The van der Waals surface area contributed by atoms with Crippen LogP contribution in [0.25, 0.3) is 0 Å². The Morgan fingerprint density at radius 1 is 1.25 bits per heavy atom. The molecule has 1 amide bonds. The molecule has 0 fully saturated rings. The summed E-state index contributed by atoms with van der Waals surface area (Å²) in [6, 6.07) is 6.06. The van der Waals surface area contributed by atoms with E-state index in [-0.39, 0.29) is 0 Å². The van der Waals surface area contributed by atoms with Gasteiger partial charge in [-0.2, -0.15) is 0 Å². The van der Waals surface area contributed by atoms with E-state index in [4.69, 9.17) is 46.4 Å². The normalized spacial score (nSPS) is 13.3. The number of aliphatic hydroxyl groups excluding tert-OH is 1. The van der Waals surface area contributed by atoms with Gasteiger partial charge in [-0.25, -0.2) is 0 Å². The minimum Gasteiger partial charge on any atom is -0.369 e. The van der Waals surface area contributed by atoms with Gasteiger partial charge in [-0.15, -0.1) is 0 Å². The van der Waals surface area contributed by atoms with Crippen LogP contribution in [0, 0.1) is 0 Å². The number of carbonyl (C=O) groups excluding carboxylic acids is 1. The molecule has 88 valence electrons. The van der Waals surface area contributed by atoms with E-state index in [1.165, 1.54) is 24.3 Å². The molecule has 0 spiro atoms. The van der Waals surface area contributed by atoms with Crippen molar-refractivity contribution in [2.75, 3.05) is 0 Å². The highest BCUT2D eigenvalue weighted by Gasteiger charge is 2.32. The standard InChI is InChI=1S/C9H7Cl4NO2/c10-6-3-1-5(2-4-6)7(15)14-8(16)9(11,12)13/h1-4,8,16H,(H,14,15). The van der Waals surface area contributed by atoms with Gasteiger partial charge in [0.2, 0.25) is 3.79 Å². The third-order valence-corrected chi connectivity index (χ3v) is 2.56. The molecule has 0 aliphatic carbocycles. The van der Waals surface area contributed by atoms with Crippen molar-refractivity contribution in [3.63, 3.8) is 0 Å². The lowest BCUT2D eigenvalue weighted by Crippen LogP contribution is -2.43. The van der Waals surface area contributed by atoms with Gasteiger partial charge in [0.05, 0.1) is 0 Å². The maximum absolute atomic E-state index is 11.5. The van der Waals surface area contributed by atoms with Crippen molar-refractivity contribution >= 4 is 52.3 Å². The quantitative estimate of drug-likeness (QED) is 0.652. The third kappa shape index (κ3) is 4.00. The first kappa shape index (κ1) is 13.9. The number of rotatable bonds is 2. The number of hydrogen-bond acceptors (Lipinski definition) is 2. The van der Waals surface area contributed by atoms with Crippen LogP contribution in [0.3, 0.4) is 0 Å². The van der Waals surface area contributed by atoms with Crippen molar-refractivity contribution in [2.45, 2.75) is 10.0 Å². The summed E-state index contributed by atoms with van der Waals surface area (Å²) in [5.41, 5.74) is 0.303. The first-order valence-electron chi connectivity index (χ1n) is 4.12. The van der Waals surface area contributed by atoms with E-state index in [0.717, 1.165) is 0 Å². The van der Waals surface area contributed by atoms with Crippen molar-refractivity contribution < 1.29 is 9.90 Å². The van der Waals surface area contributed by atoms with Gasteiger partial charge in [0.15, 0.2) is 6.23 Å². The van der Waals surface area contributed by atoms with Crippen LogP contribution in [0.2, 0.25) is 5.02 Å². The number of nitrogens with one attached hydrogen (secondary N) is 1. The Morgan fingerprint density at radius 3 is 2.19 bits per heavy atom. The first-order valence-corrected chi connectivity index (χ1v) is 5.63. The fourth-order valence-corrected chi connectivity index (χ4v) is 1.18. The highest BCUT2D eigenvalue weighted by atomic mass is 35.6. The Labute approximate surface area is 112 Å². The van der Waals surface area contributed by atoms with E-state index in [1.54, 1.807) is 0 Å². The first-order chi connectivity index (χ1) is 7.30. The van der Waals surface area contributed by atoms with Gasteiger partial charge in [-0.1, -0.05) is 46.4 Å². The number of amides is 1. The van der Waals surface area contributed by atoms with Crippen LogP contribution in [-0.2, 0) is 0 Å². The lowest BCUT2D eigenvalue weighted by Gasteiger charge is -2.19. The molecule has 1 unspecified atom stereocenters. The van der Waals surface area contributed by atoms with E-state index in [9.17, 15) is 9.90 Å². The van der Waals surface area contributed by atoms with Gasteiger partial charge in [-0.05, 0) is 24.3 Å². The minimum absolute atomic E-state index is 0.303. The predicted molar refractivity (Wildman–Crippen MR) is 65.2 cm³/mol. The average Bonchev–Trinajstić information content (AvgIpc) is 2.17.